The van der Waals surface area contributed by atoms with Crippen LogP contribution in [0.1, 0.15) is 43.2 Å². The lowest BCUT2D eigenvalue weighted by atomic mass is 10.0. The molecule has 1 aromatic carbocycles. The van der Waals surface area contributed by atoms with Crippen LogP contribution in [0.2, 0.25) is 0 Å². The number of hydrogen-bond donors (Lipinski definition) is 1. The molecule has 0 aromatic heterocycles. The van der Waals surface area contributed by atoms with E-state index in [-0.39, 0.29) is 12.6 Å². The normalized spacial score (nSPS) is 24.1. The lowest BCUT2D eigenvalue weighted by Gasteiger charge is -2.44. The summed E-state index contributed by atoms with van der Waals surface area (Å²) in [6.07, 6.45) is 1.31. The van der Waals surface area contributed by atoms with Crippen LogP contribution in [0.5, 0.6) is 0 Å². The summed E-state index contributed by atoms with van der Waals surface area (Å²) < 4.78 is 39.6. The monoisotopic (exact) mass is 356 g/mol. The van der Waals surface area contributed by atoms with Gasteiger partial charge in [-0.3, -0.25) is 9.80 Å². The molecule has 1 N–H and O–H groups in total. The molecule has 25 heavy (non-hydrogen) atoms. The Kier molecular flexibility index (Phi) is 6.02. The van der Waals surface area contributed by atoms with Crippen LogP contribution in [0, 0.1) is 0 Å². The molecule has 140 valence electrons. The van der Waals surface area contributed by atoms with Crippen molar-refractivity contribution < 1.29 is 18.3 Å². The zero-order chi connectivity index (χ0) is 17.9. The van der Waals surface area contributed by atoms with Crippen molar-refractivity contribution in [3.8, 4) is 0 Å². The number of rotatable bonds is 5. The minimum absolute atomic E-state index is 0.126. The van der Waals surface area contributed by atoms with Crippen molar-refractivity contribution in [1.82, 2.24) is 9.80 Å². The highest BCUT2D eigenvalue weighted by Crippen LogP contribution is 2.33. The van der Waals surface area contributed by atoms with E-state index in [4.69, 9.17) is 0 Å². The predicted molar refractivity (Wildman–Crippen MR) is 91.2 cm³/mol. The van der Waals surface area contributed by atoms with Crippen LogP contribution in [0.15, 0.2) is 24.3 Å². The van der Waals surface area contributed by atoms with Gasteiger partial charge in [-0.1, -0.05) is 31.0 Å². The summed E-state index contributed by atoms with van der Waals surface area (Å²) in [5.74, 6) is 0. The van der Waals surface area contributed by atoms with Gasteiger partial charge >= 0.3 is 6.18 Å². The van der Waals surface area contributed by atoms with Crippen molar-refractivity contribution in [1.29, 1.82) is 0 Å². The number of aliphatic hydroxyl groups is 1. The van der Waals surface area contributed by atoms with Gasteiger partial charge in [-0.15, -0.1) is 0 Å². The summed E-state index contributed by atoms with van der Waals surface area (Å²) in [5, 5.41) is 9.41. The van der Waals surface area contributed by atoms with Gasteiger partial charge in [0.25, 0.3) is 0 Å². The van der Waals surface area contributed by atoms with E-state index in [1.165, 1.54) is 31.7 Å². The van der Waals surface area contributed by atoms with E-state index < -0.39 is 11.7 Å². The summed E-state index contributed by atoms with van der Waals surface area (Å²) >= 11 is 0. The average Bonchev–Trinajstić information content (AvgIpc) is 3.09. The van der Waals surface area contributed by atoms with Crippen molar-refractivity contribution in [3.63, 3.8) is 0 Å². The third-order valence-electron chi connectivity index (χ3n) is 5.59. The van der Waals surface area contributed by atoms with Crippen LogP contribution in [-0.4, -0.2) is 53.2 Å². The fourth-order valence-electron chi connectivity index (χ4n) is 4.38. The fraction of sp³-hybridized carbons (Fsp3) is 0.684. The third kappa shape index (κ3) is 4.54. The van der Waals surface area contributed by atoms with Gasteiger partial charge < -0.3 is 5.11 Å². The molecule has 3 nitrogen and oxygen atoms in total. The Hall–Kier alpha value is -1.11. The minimum atomic E-state index is -4.31. The van der Waals surface area contributed by atoms with E-state index in [9.17, 15) is 18.3 Å². The molecule has 1 heterocycles. The summed E-state index contributed by atoms with van der Waals surface area (Å²) in [6, 6.07) is 6.67. The standard InChI is InChI=1S/C19H27F3N2O/c20-19(21,22)18-8-4-1-5-15(18)13-23-10-11-24(16-6-2-3-7-16)17(14-23)9-12-25/h1,4-5,8,16-17,25H,2-3,6-7,9-14H2. The SMILES string of the molecule is OCCC1CN(Cc2ccccc2C(F)(F)F)CCN1C1CCCC1. The molecule has 1 aliphatic heterocycles. The maximum Gasteiger partial charge on any atom is 0.416 e. The quantitative estimate of drug-likeness (QED) is 0.875. The van der Waals surface area contributed by atoms with Gasteiger partial charge in [0.1, 0.15) is 0 Å². The lowest BCUT2D eigenvalue weighted by Crippen LogP contribution is -2.56. The largest absolute Gasteiger partial charge is 0.416 e. The van der Waals surface area contributed by atoms with E-state index in [0.29, 0.717) is 24.6 Å². The van der Waals surface area contributed by atoms with E-state index in [1.807, 2.05) is 0 Å². The Morgan fingerprint density at radius 3 is 2.48 bits per heavy atom. The first kappa shape index (κ1) is 18.7. The Labute approximate surface area is 147 Å². The van der Waals surface area contributed by atoms with Gasteiger partial charge in [0.2, 0.25) is 0 Å². The second-order valence-electron chi connectivity index (χ2n) is 7.23. The van der Waals surface area contributed by atoms with Crippen molar-refractivity contribution in [2.45, 2.75) is 56.9 Å². The minimum Gasteiger partial charge on any atom is -0.396 e. The molecule has 0 radical (unpaired) electrons. The molecule has 1 atom stereocenters. The molecule has 0 spiro atoms. The lowest BCUT2D eigenvalue weighted by molar-refractivity contribution is -0.138. The zero-order valence-corrected chi connectivity index (χ0v) is 14.5. The van der Waals surface area contributed by atoms with Crippen molar-refractivity contribution >= 4 is 0 Å². The van der Waals surface area contributed by atoms with E-state index in [0.717, 1.165) is 25.7 Å². The second-order valence-corrected chi connectivity index (χ2v) is 7.23. The highest BCUT2D eigenvalue weighted by Gasteiger charge is 2.35. The van der Waals surface area contributed by atoms with Gasteiger partial charge in [0.15, 0.2) is 0 Å². The van der Waals surface area contributed by atoms with Crippen molar-refractivity contribution in [2.75, 3.05) is 26.2 Å². The third-order valence-corrected chi connectivity index (χ3v) is 5.59. The molecule has 0 amide bonds. The Bertz CT molecular complexity index is 558. The topological polar surface area (TPSA) is 26.7 Å². The van der Waals surface area contributed by atoms with Crippen LogP contribution in [0.25, 0.3) is 0 Å². The number of hydrogen-bond acceptors (Lipinski definition) is 3. The van der Waals surface area contributed by atoms with Crippen LogP contribution >= 0.6 is 0 Å². The first-order chi connectivity index (χ1) is 12.0. The first-order valence-electron chi connectivity index (χ1n) is 9.23. The molecule has 1 saturated carbocycles. The molecular weight excluding hydrogens is 329 g/mol. The van der Waals surface area contributed by atoms with Crippen molar-refractivity contribution in [3.05, 3.63) is 35.4 Å². The molecule has 1 aromatic rings. The molecule has 2 fully saturated rings. The second kappa shape index (κ2) is 8.06. The average molecular weight is 356 g/mol. The number of halogens is 3. The Morgan fingerprint density at radius 2 is 1.80 bits per heavy atom. The van der Waals surface area contributed by atoms with Crippen LogP contribution in [-0.2, 0) is 12.7 Å². The number of benzene rings is 1. The molecule has 6 heteroatoms. The first-order valence-corrected chi connectivity index (χ1v) is 9.23. The molecule has 2 aliphatic rings. The van der Waals surface area contributed by atoms with Gasteiger partial charge in [0.05, 0.1) is 5.56 Å². The molecule has 3 rings (SSSR count). The van der Waals surface area contributed by atoms with Gasteiger partial charge in [-0.2, -0.15) is 13.2 Å². The highest BCUT2D eigenvalue weighted by atomic mass is 19.4. The molecule has 1 aliphatic carbocycles. The maximum absolute atomic E-state index is 13.2. The molecule has 1 unspecified atom stereocenters. The summed E-state index contributed by atoms with van der Waals surface area (Å²) in [4.78, 5) is 4.60. The van der Waals surface area contributed by atoms with Crippen LogP contribution in [0.3, 0.4) is 0 Å². The smallest absolute Gasteiger partial charge is 0.396 e. The van der Waals surface area contributed by atoms with Gasteiger partial charge in [0, 0.05) is 44.9 Å². The summed E-state index contributed by atoms with van der Waals surface area (Å²) in [5.41, 5.74) is -0.195. The zero-order valence-electron chi connectivity index (χ0n) is 14.5. The Morgan fingerprint density at radius 1 is 1.08 bits per heavy atom. The van der Waals surface area contributed by atoms with Gasteiger partial charge in [-0.25, -0.2) is 0 Å². The van der Waals surface area contributed by atoms with Crippen molar-refractivity contribution in [2.24, 2.45) is 0 Å². The summed E-state index contributed by atoms with van der Waals surface area (Å²) in [6.45, 7) is 2.83. The predicted octanol–water partition coefficient (Wildman–Crippen LogP) is 3.52. The number of aliphatic hydroxyl groups excluding tert-OH is 1. The fourth-order valence-corrected chi connectivity index (χ4v) is 4.38. The highest BCUT2D eigenvalue weighted by molar-refractivity contribution is 5.29. The van der Waals surface area contributed by atoms with Gasteiger partial charge in [-0.05, 0) is 30.9 Å². The number of nitrogens with zero attached hydrogens (tertiary/aromatic N) is 2. The van der Waals surface area contributed by atoms with Crippen LogP contribution < -0.4 is 0 Å². The molecule has 0 bridgehead atoms. The Balaban J connectivity index is 1.69. The number of piperazine rings is 1. The molecule has 1 saturated heterocycles. The van der Waals surface area contributed by atoms with Crippen LogP contribution in [0.4, 0.5) is 13.2 Å². The van der Waals surface area contributed by atoms with E-state index in [1.54, 1.807) is 12.1 Å². The maximum atomic E-state index is 13.2. The van der Waals surface area contributed by atoms with E-state index >= 15 is 0 Å². The van der Waals surface area contributed by atoms with E-state index in [2.05, 4.69) is 9.80 Å². The number of alkyl halides is 3. The summed E-state index contributed by atoms with van der Waals surface area (Å²) in [7, 11) is 0. The molecular formula is C19H27F3N2O.